The van der Waals surface area contributed by atoms with E-state index in [9.17, 15) is 9.59 Å². The molecular weight excluding hydrogens is 426 g/mol. The molecule has 0 N–H and O–H groups in total. The summed E-state index contributed by atoms with van der Waals surface area (Å²) in [6, 6.07) is 27.2. The number of benzene rings is 3. The molecule has 0 fully saturated rings. The van der Waals surface area contributed by atoms with Crippen molar-refractivity contribution in [1.29, 1.82) is 0 Å². The monoisotopic (exact) mass is 455 g/mol. The number of carbonyl (C=O) groups excluding carboxylic acids is 2. The van der Waals surface area contributed by atoms with Gasteiger partial charge in [0, 0.05) is 32.9 Å². The van der Waals surface area contributed by atoms with Gasteiger partial charge in [0.05, 0.1) is 18.9 Å². The van der Waals surface area contributed by atoms with Gasteiger partial charge in [0.25, 0.3) is 0 Å². The van der Waals surface area contributed by atoms with E-state index in [4.69, 9.17) is 9.84 Å². The number of hydrazone groups is 1. The first-order chi connectivity index (χ1) is 16.5. The van der Waals surface area contributed by atoms with Gasteiger partial charge < -0.3 is 9.64 Å². The second kappa shape index (κ2) is 10.8. The minimum absolute atomic E-state index is 0.0651. The minimum Gasteiger partial charge on any atom is -0.497 e. The zero-order valence-electron chi connectivity index (χ0n) is 19.6. The van der Waals surface area contributed by atoms with Gasteiger partial charge in [0.15, 0.2) is 0 Å². The van der Waals surface area contributed by atoms with Gasteiger partial charge in [-0.2, -0.15) is 5.10 Å². The number of nitrogens with zero attached hydrogens (tertiary/aromatic N) is 3. The highest BCUT2D eigenvalue weighted by Gasteiger charge is 2.33. The van der Waals surface area contributed by atoms with Gasteiger partial charge in [0.2, 0.25) is 11.8 Å². The maximum atomic E-state index is 13.2. The Morgan fingerprint density at radius 1 is 0.941 bits per heavy atom. The Morgan fingerprint density at radius 3 is 2.24 bits per heavy atom. The van der Waals surface area contributed by atoms with Crippen LogP contribution in [-0.2, 0) is 16.1 Å². The van der Waals surface area contributed by atoms with Crippen molar-refractivity contribution in [2.75, 3.05) is 14.2 Å². The van der Waals surface area contributed by atoms with Gasteiger partial charge in [-0.25, -0.2) is 5.01 Å². The van der Waals surface area contributed by atoms with Crippen LogP contribution in [0.15, 0.2) is 90.0 Å². The Morgan fingerprint density at radius 2 is 1.59 bits per heavy atom. The van der Waals surface area contributed by atoms with Crippen molar-refractivity contribution in [3.63, 3.8) is 0 Å². The van der Waals surface area contributed by atoms with E-state index in [0.29, 0.717) is 13.0 Å². The standard InChI is InChI=1S/C28H29N3O3/c1-30(20-21-9-5-3-6-10-21)27(32)17-18-28(33)31-26(23-13-15-24(34-2)16-14-23)19-25(29-31)22-11-7-4-8-12-22/h3-16,26H,17-20H2,1-2H3. The molecule has 0 aromatic heterocycles. The third kappa shape index (κ3) is 5.52. The third-order valence-electron chi connectivity index (χ3n) is 6.01. The molecule has 1 heterocycles. The van der Waals surface area contributed by atoms with Crippen LogP contribution in [0.3, 0.4) is 0 Å². The lowest BCUT2D eigenvalue weighted by molar-refractivity contribution is -0.137. The largest absolute Gasteiger partial charge is 0.497 e. The molecule has 1 atom stereocenters. The number of hydrogen-bond acceptors (Lipinski definition) is 4. The van der Waals surface area contributed by atoms with E-state index in [-0.39, 0.29) is 30.7 Å². The van der Waals surface area contributed by atoms with Crippen LogP contribution in [0.4, 0.5) is 0 Å². The van der Waals surface area contributed by atoms with Crippen molar-refractivity contribution in [3.8, 4) is 5.75 Å². The van der Waals surface area contributed by atoms with Crippen LogP contribution in [0.25, 0.3) is 0 Å². The molecule has 6 nitrogen and oxygen atoms in total. The van der Waals surface area contributed by atoms with Gasteiger partial charge in [-0.15, -0.1) is 0 Å². The van der Waals surface area contributed by atoms with Gasteiger partial charge in [-0.3, -0.25) is 9.59 Å². The van der Waals surface area contributed by atoms with E-state index < -0.39 is 0 Å². The van der Waals surface area contributed by atoms with E-state index in [2.05, 4.69) is 0 Å². The summed E-state index contributed by atoms with van der Waals surface area (Å²) in [6.07, 6.45) is 0.865. The smallest absolute Gasteiger partial charge is 0.243 e. The number of carbonyl (C=O) groups is 2. The predicted molar refractivity (Wildman–Crippen MR) is 132 cm³/mol. The molecule has 34 heavy (non-hydrogen) atoms. The maximum absolute atomic E-state index is 13.2. The van der Waals surface area contributed by atoms with Crippen molar-refractivity contribution in [1.82, 2.24) is 9.91 Å². The summed E-state index contributed by atoms with van der Waals surface area (Å²) in [7, 11) is 3.39. The molecule has 6 heteroatoms. The number of rotatable bonds is 8. The highest BCUT2D eigenvalue weighted by Crippen LogP contribution is 2.34. The molecule has 1 aliphatic rings. The van der Waals surface area contributed by atoms with Crippen LogP contribution in [-0.4, -0.2) is 41.6 Å². The number of ether oxygens (including phenoxy) is 1. The Labute approximate surface area is 200 Å². The fourth-order valence-electron chi connectivity index (χ4n) is 4.10. The summed E-state index contributed by atoms with van der Waals surface area (Å²) >= 11 is 0. The SMILES string of the molecule is COc1ccc(C2CC(c3ccccc3)=NN2C(=O)CCC(=O)N(C)Cc2ccccc2)cc1. The molecule has 0 aliphatic carbocycles. The summed E-state index contributed by atoms with van der Waals surface area (Å²) in [5.74, 6) is 0.536. The van der Waals surface area contributed by atoms with Gasteiger partial charge in [0.1, 0.15) is 5.75 Å². The maximum Gasteiger partial charge on any atom is 0.243 e. The Hall–Kier alpha value is -3.93. The molecule has 2 amide bonds. The summed E-state index contributed by atoms with van der Waals surface area (Å²) in [4.78, 5) is 27.6. The molecule has 1 unspecified atom stereocenters. The summed E-state index contributed by atoms with van der Waals surface area (Å²) in [5, 5.41) is 6.24. The molecule has 3 aromatic rings. The quantitative estimate of drug-likeness (QED) is 0.490. The first-order valence-corrected chi connectivity index (χ1v) is 11.4. The molecule has 0 saturated heterocycles. The van der Waals surface area contributed by atoms with Crippen molar-refractivity contribution in [3.05, 3.63) is 102 Å². The third-order valence-corrected chi connectivity index (χ3v) is 6.01. The van der Waals surface area contributed by atoms with Crippen molar-refractivity contribution in [2.45, 2.75) is 31.8 Å². The second-order valence-electron chi connectivity index (χ2n) is 8.38. The first kappa shape index (κ1) is 23.2. The summed E-state index contributed by atoms with van der Waals surface area (Å²) in [5.41, 5.74) is 3.90. The molecule has 0 spiro atoms. The number of methoxy groups -OCH3 is 1. The van der Waals surface area contributed by atoms with Crippen molar-refractivity contribution >= 4 is 17.5 Å². The Kier molecular flexibility index (Phi) is 7.38. The Balaban J connectivity index is 1.46. The number of hydrogen-bond donors (Lipinski definition) is 0. The second-order valence-corrected chi connectivity index (χ2v) is 8.38. The van der Waals surface area contributed by atoms with Crippen LogP contribution in [0.1, 0.15) is 42.0 Å². The van der Waals surface area contributed by atoms with Crippen LogP contribution in [0.2, 0.25) is 0 Å². The molecule has 1 aliphatic heterocycles. The van der Waals surface area contributed by atoms with Crippen molar-refractivity contribution < 1.29 is 14.3 Å². The summed E-state index contributed by atoms with van der Waals surface area (Å²) in [6.45, 7) is 0.516. The number of amides is 2. The molecule has 4 rings (SSSR count). The molecule has 0 saturated carbocycles. The van der Waals surface area contributed by atoms with E-state index in [0.717, 1.165) is 28.2 Å². The van der Waals surface area contributed by atoms with Crippen LogP contribution in [0, 0.1) is 0 Å². The van der Waals surface area contributed by atoms with Crippen LogP contribution >= 0.6 is 0 Å². The minimum atomic E-state index is -0.217. The van der Waals surface area contributed by atoms with Crippen LogP contribution in [0.5, 0.6) is 5.75 Å². The van der Waals surface area contributed by atoms with E-state index in [1.54, 1.807) is 24.1 Å². The average molecular weight is 456 g/mol. The summed E-state index contributed by atoms with van der Waals surface area (Å²) < 4.78 is 5.28. The highest BCUT2D eigenvalue weighted by molar-refractivity contribution is 6.03. The molecule has 3 aromatic carbocycles. The van der Waals surface area contributed by atoms with E-state index >= 15 is 0 Å². The molecular formula is C28H29N3O3. The van der Waals surface area contributed by atoms with Gasteiger partial charge in [-0.05, 0) is 28.8 Å². The average Bonchev–Trinajstić information content (AvgIpc) is 3.34. The molecule has 0 radical (unpaired) electrons. The van der Waals surface area contributed by atoms with E-state index in [1.807, 2.05) is 84.9 Å². The molecule has 174 valence electrons. The van der Waals surface area contributed by atoms with Gasteiger partial charge >= 0.3 is 0 Å². The lowest BCUT2D eigenvalue weighted by atomic mass is 9.98. The lowest BCUT2D eigenvalue weighted by Crippen LogP contribution is -2.30. The van der Waals surface area contributed by atoms with Gasteiger partial charge in [-0.1, -0.05) is 72.8 Å². The predicted octanol–water partition coefficient (Wildman–Crippen LogP) is 4.81. The first-order valence-electron chi connectivity index (χ1n) is 11.4. The van der Waals surface area contributed by atoms with E-state index in [1.165, 1.54) is 0 Å². The fourth-order valence-corrected chi connectivity index (χ4v) is 4.10. The lowest BCUT2D eigenvalue weighted by Gasteiger charge is -2.23. The van der Waals surface area contributed by atoms with Crippen LogP contribution < -0.4 is 4.74 Å². The highest BCUT2D eigenvalue weighted by atomic mass is 16.5. The van der Waals surface area contributed by atoms with Crippen molar-refractivity contribution in [2.24, 2.45) is 5.10 Å². The fraction of sp³-hybridized carbons (Fsp3) is 0.250. The zero-order chi connectivity index (χ0) is 23.9. The Bertz CT molecular complexity index is 1140. The topological polar surface area (TPSA) is 62.2 Å². The molecule has 0 bridgehead atoms. The normalized spacial score (nSPS) is 15.1. The zero-order valence-corrected chi connectivity index (χ0v) is 19.6.